The van der Waals surface area contributed by atoms with E-state index in [-0.39, 0.29) is 23.2 Å². The molecule has 0 unspecified atom stereocenters. The predicted molar refractivity (Wildman–Crippen MR) is 108 cm³/mol. The van der Waals surface area contributed by atoms with Gasteiger partial charge in [0.1, 0.15) is 5.82 Å². The zero-order chi connectivity index (χ0) is 21.9. The van der Waals surface area contributed by atoms with Crippen molar-refractivity contribution in [2.24, 2.45) is 0 Å². The zero-order valence-corrected chi connectivity index (χ0v) is 17.6. The van der Waals surface area contributed by atoms with Crippen molar-refractivity contribution in [1.82, 2.24) is 14.3 Å². The fourth-order valence-electron chi connectivity index (χ4n) is 3.21. The minimum Gasteiger partial charge on any atom is -0.363 e. The molecule has 1 aliphatic rings. The van der Waals surface area contributed by atoms with Crippen molar-refractivity contribution in [2.75, 3.05) is 37.4 Å². The molecule has 2 aromatic rings. The van der Waals surface area contributed by atoms with E-state index in [1.165, 1.54) is 15.3 Å². The van der Waals surface area contributed by atoms with Crippen molar-refractivity contribution in [3.63, 3.8) is 0 Å². The number of hydrogen-bond acceptors (Lipinski definition) is 6. The van der Waals surface area contributed by atoms with Crippen LogP contribution in [0, 0.1) is 0 Å². The zero-order valence-electron chi connectivity index (χ0n) is 16.8. The number of rotatable bonds is 6. The van der Waals surface area contributed by atoms with Gasteiger partial charge in [-0.3, -0.25) is 0 Å². The van der Waals surface area contributed by atoms with Gasteiger partial charge in [-0.25, -0.2) is 13.4 Å². The highest BCUT2D eigenvalue weighted by Gasteiger charge is 2.34. The second kappa shape index (κ2) is 8.76. The van der Waals surface area contributed by atoms with E-state index in [0.29, 0.717) is 18.7 Å². The van der Waals surface area contributed by atoms with Gasteiger partial charge in [-0.2, -0.15) is 22.5 Å². The third kappa shape index (κ3) is 5.01. The molecule has 1 aromatic carbocycles. The van der Waals surface area contributed by atoms with Crippen LogP contribution < -0.4 is 10.2 Å². The molecule has 0 atom stereocenters. The number of halogens is 3. The Morgan fingerprint density at radius 2 is 1.77 bits per heavy atom. The summed E-state index contributed by atoms with van der Waals surface area (Å²) in [5, 5.41) is 2.75. The Kier molecular flexibility index (Phi) is 6.51. The smallest absolute Gasteiger partial charge is 0.363 e. The van der Waals surface area contributed by atoms with Crippen molar-refractivity contribution in [2.45, 2.75) is 36.9 Å². The van der Waals surface area contributed by atoms with E-state index in [4.69, 9.17) is 0 Å². The van der Waals surface area contributed by atoms with Gasteiger partial charge < -0.3 is 10.2 Å². The summed E-state index contributed by atoms with van der Waals surface area (Å²) >= 11 is 0. The van der Waals surface area contributed by atoms with Crippen LogP contribution >= 0.6 is 0 Å². The van der Waals surface area contributed by atoms with Gasteiger partial charge in [0.15, 0.2) is 5.69 Å². The topological polar surface area (TPSA) is 78.4 Å². The Hall–Kier alpha value is -2.40. The molecule has 2 heterocycles. The van der Waals surface area contributed by atoms with E-state index in [1.807, 2.05) is 0 Å². The number of anilines is 2. The Bertz CT molecular complexity index is 990. The molecule has 0 radical (unpaired) electrons. The highest BCUT2D eigenvalue weighted by molar-refractivity contribution is 7.89. The maximum atomic E-state index is 13.2. The molecular weight excluding hydrogens is 419 g/mol. The molecule has 0 aliphatic carbocycles. The van der Waals surface area contributed by atoms with E-state index in [0.717, 1.165) is 25.3 Å². The van der Waals surface area contributed by atoms with Crippen LogP contribution in [0.4, 0.5) is 24.9 Å². The first kappa shape index (κ1) is 22.3. The predicted octanol–water partition coefficient (Wildman–Crippen LogP) is 3.35. The van der Waals surface area contributed by atoms with Crippen molar-refractivity contribution < 1.29 is 21.6 Å². The summed E-state index contributed by atoms with van der Waals surface area (Å²) in [7, 11) is -0.533. The maximum Gasteiger partial charge on any atom is 0.433 e. The van der Waals surface area contributed by atoms with Gasteiger partial charge in [0, 0.05) is 39.8 Å². The van der Waals surface area contributed by atoms with Crippen LogP contribution in [0.2, 0.25) is 0 Å². The lowest BCUT2D eigenvalue weighted by molar-refractivity contribution is -0.141. The van der Waals surface area contributed by atoms with Crippen molar-refractivity contribution >= 4 is 21.8 Å². The third-order valence-electron chi connectivity index (χ3n) is 4.80. The summed E-state index contributed by atoms with van der Waals surface area (Å²) in [6.45, 7) is 0.900. The van der Waals surface area contributed by atoms with Crippen LogP contribution in [0.15, 0.2) is 35.2 Å². The fraction of sp³-hybridized carbons (Fsp3) is 0.474. The molecule has 1 saturated heterocycles. The second-order valence-electron chi connectivity index (χ2n) is 7.25. The van der Waals surface area contributed by atoms with Crippen molar-refractivity contribution in [3.05, 3.63) is 41.6 Å². The van der Waals surface area contributed by atoms with Crippen molar-refractivity contribution in [1.29, 1.82) is 0 Å². The number of piperidine rings is 1. The summed E-state index contributed by atoms with van der Waals surface area (Å²) in [6, 6.07) is 7.32. The number of alkyl halides is 3. The van der Waals surface area contributed by atoms with Crippen LogP contribution in [0.25, 0.3) is 0 Å². The molecule has 0 bridgehead atoms. The molecule has 1 aliphatic heterocycles. The monoisotopic (exact) mass is 443 g/mol. The molecule has 11 heteroatoms. The van der Waals surface area contributed by atoms with E-state index in [1.54, 1.807) is 32.3 Å². The Labute approximate surface area is 174 Å². The number of benzene rings is 1. The van der Waals surface area contributed by atoms with Crippen LogP contribution in [-0.4, -0.2) is 49.9 Å². The Morgan fingerprint density at radius 3 is 2.40 bits per heavy atom. The average Bonchev–Trinajstić information content (AvgIpc) is 2.72. The van der Waals surface area contributed by atoms with Gasteiger partial charge in [-0.05, 0) is 24.5 Å². The maximum absolute atomic E-state index is 13.2. The molecule has 7 nitrogen and oxygen atoms in total. The van der Waals surface area contributed by atoms with Crippen LogP contribution in [0.3, 0.4) is 0 Å². The summed E-state index contributed by atoms with van der Waals surface area (Å²) in [4.78, 5) is 9.22. The normalized spacial score (nSPS) is 15.8. The largest absolute Gasteiger partial charge is 0.433 e. The van der Waals surface area contributed by atoms with E-state index in [2.05, 4.69) is 15.3 Å². The van der Waals surface area contributed by atoms with Gasteiger partial charge in [-0.1, -0.05) is 24.6 Å². The number of sulfonamides is 1. The van der Waals surface area contributed by atoms with E-state index < -0.39 is 21.9 Å². The highest BCUT2D eigenvalue weighted by atomic mass is 32.2. The van der Waals surface area contributed by atoms with Crippen LogP contribution in [0.5, 0.6) is 0 Å². The first-order chi connectivity index (χ1) is 14.1. The standard InChI is InChI=1S/C19H24F3N5O2S/c1-26(2)17-12-16(19(20,21)22)24-18(25-17)23-13-14-8-4-5-9-15(14)30(28,29)27-10-6-3-7-11-27/h4-5,8-9,12H,3,6-7,10-11,13H2,1-2H3,(H,23,24,25). The Morgan fingerprint density at radius 1 is 1.10 bits per heavy atom. The van der Waals surface area contributed by atoms with Gasteiger partial charge in [0.25, 0.3) is 0 Å². The molecule has 0 saturated carbocycles. The Balaban J connectivity index is 1.88. The first-order valence-corrected chi connectivity index (χ1v) is 11.0. The lowest BCUT2D eigenvalue weighted by Crippen LogP contribution is -2.36. The SMILES string of the molecule is CN(C)c1cc(C(F)(F)F)nc(NCc2ccccc2S(=O)(=O)N2CCCCC2)n1. The van der Waals surface area contributed by atoms with Gasteiger partial charge in [0.2, 0.25) is 16.0 Å². The summed E-state index contributed by atoms with van der Waals surface area (Å²) < 4.78 is 67.1. The lowest BCUT2D eigenvalue weighted by Gasteiger charge is -2.26. The van der Waals surface area contributed by atoms with E-state index >= 15 is 0 Å². The molecular formula is C19H24F3N5O2S. The fourth-order valence-corrected chi connectivity index (χ4v) is 4.95. The van der Waals surface area contributed by atoms with Crippen molar-refractivity contribution in [3.8, 4) is 0 Å². The highest BCUT2D eigenvalue weighted by Crippen LogP contribution is 2.30. The molecule has 1 aromatic heterocycles. The molecule has 0 amide bonds. The number of nitrogens with zero attached hydrogens (tertiary/aromatic N) is 4. The number of aromatic nitrogens is 2. The van der Waals surface area contributed by atoms with Gasteiger partial charge >= 0.3 is 6.18 Å². The number of nitrogens with one attached hydrogen (secondary N) is 1. The lowest BCUT2D eigenvalue weighted by atomic mass is 10.2. The molecule has 1 N–H and O–H groups in total. The van der Waals surface area contributed by atoms with E-state index in [9.17, 15) is 21.6 Å². The quantitative estimate of drug-likeness (QED) is 0.738. The van der Waals surface area contributed by atoms with Gasteiger partial charge in [0.05, 0.1) is 4.90 Å². The molecule has 1 fully saturated rings. The van der Waals surface area contributed by atoms with Crippen LogP contribution in [0.1, 0.15) is 30.5 Å². The second-order valence-corrected chi connectivity index (χ2v) is 9.16. The summed E-state index contributed by atoms with van der Waals surface area (Å²) in [5.74, 6) is -0.132. The molecule has 0 spiro atoms. The minimum atomic E-state index is -4.63. The average molecular weight is 443 g/mol. The number of hydrogen-bond donors (Lipinski definition) is 1. The van der Waals surface area contributed by atoms with Gasteiger partial charge in [-0.15, -0.1) is 0 Å². The van der Waals surface area contributed by atoms with Crippen LogP contribution in [-0.2, 0) is 22.7 Å². The minimum absolute atomic E-state index is 0.0303. The molecule has 164 valence electrons. The third-order valence-corrected chi connectivity index (χ3v) is 6.80. The first-order valence-electron chi connectivity index (χ1n) is 9.54. The summed E-state index contributed by atoms with van der Waals surface area (Å²) in [5.41, 5.74) is -0.631. The molecule has 30 heavy (non-hydrogen) atoms. The molecule has 3 rings (SSSR count). The summed E-state index contributed by atoms with van der Waals surface area (Å²) in [6.07, 6.45) is -2.01.